The predicted molar refractivity (Wildman–Crippen MR) is 30.8 cm³/mol. The Labute approximate surface area is 52.6 Å². The van der Waals surface area contributed by atoms with E-state index >= 15 is 0 Å². The molecule has 0 bridgehead atoms. The first-order chi connectivity index (χ1) is 4.19. The van der Waals surface area contributed by atoms with Gasteiger partial charge in [0.05, 0.1) is 6.61 Å². The maximum absolute atomic E-state index is 10.6. The van der Waals surface area contributed by atoms with Crippen LogP contribution in [0.3, 0.4) is 0 Å². The van der Waals surface area contributed by atoms with Gasteiger partial charge in [-0.15, -0.1) is 0 Å². The van der Waals surface area contributed by atoms with Gasteiger partial charge in [0, 0.05) is 6.42 Å². The average Bonchev–Trinajstić information content (AvgIpc) is 2.15. The second-order valence-electron chi connectivity index (χ2n) is 2.16. The van der Waals surface area contributed by atoms with Crippen LogP contribution in [0.1, 0.15) is 6.42 Å². The van der Waals surface area contributed by atoms with Crippen molar-refractivity contribution < 1.29 is 15.0 Å². The summed E-state index contributed by atoms with van der Waals surface area (Å²) < 4.78 is 0. The lowest BCUT2D eigenvalue weighted by atomic mass is 10.0. The molecule has 50 valence electrons. The Morgan fingerprint density at radius 3 is 2.67 bits per heavy atom. The minimum Gasteiger partial charge on any atom is -0.393 e. The predicted octanol–water partition coefficient (Wildman–Crippen LogP) is -0.761. The fraction of sp³-hybridized carbons (Fsp3) is 0.500. The highest BCUT2D eigenvalue weighted by Gasteiger charge is 2.35. The molecule has 1 aliphatic rings. The highest BCUT2D eigenvalue weighted by atomic mass is 16.3. The number of aliphatic hydroxyl groups is 2. The molecular formula is C6H8O3. The number of hydrogen-bond acceptors (Lipinski definition) is 3. The van der Waals surface area contributed by atoms with E-state index in [9.17, 15) is 4.79 Å². The molecule has 0 spiro atoms. The van der Waals surface area contributed by atoms with Crippen LogP contribution in [-0.2, 0) is 4.79 Å². The van der Waals surface area contributed by atoms with E-state index in [1.807, 2.05) is 0 Å². The Kier molecular flexibility index (Phi) is 1.38. The number of carbonyl (C=O) groups excluding carboxylic acids is 1. The summed E-state index contributed by atoms with van der Waals surface area (Å²) in [5.74, 6) is -0.398. The highest BCUT2D eigenvalue weighted by Crippen LogP contribution is 2.18. The highest BCUT2D eigenvalue weighted by molar-refractivity contribution is 5.99. The molecule has 0 radical (unpaired) electrons. The number of aliphatic hydroxyl groups excluding tert-OH is 1. The topological polar surface area (TPSA) is 57.5 Å². The third-order valence-electron chi connectivity index (χ3n) is 1.44. The quantitative estimate of drug-likeness (QED) is 0.488. The second-order valence-corrected chi connectivity index (χ2v) is 2.16. The molecular weight excluding hydrogens is 120 g/mol. The van der Waals surface area contributed by atoms with Crippen molar-refractivity contribution >= 4 is 5.78 Å². The molecule has 0 saturated carbocycles. The minimum atomic E-state index is -1.50. The summed E-state index contributed by atoms with van der Waals surface area (Å²) in [6, 6.07) is 0. The fourth-order valence-electron chi connectivity index (χ4n) is 0.759. The zero-order valence-corrected chi connectivity index (χ0v) is 4.87. The van der Waals surface area contributed by atoms with Crippen molar-refractivity contribution in [1.82, 2.24) is 0 Å². The summed E-state index contributed by atoms with van der Waals surface area (Å²) in [5, 5.41) is 17.6. The van der Waals surface area contributed by atoms with Gasteiger partial charge in [0.1, 0.15) is 0 Å². The van der Waals surface area contributed by atoms with Crippen LogP contribution in [0.2, 0.25) is 0 Å². The first-order valence-corrected chi connectivity index (χ1v) is 2.73. The summed E-state index contributed by atoms with van der Waals surface area (Å²) in [6.07, 6.45) is 3.08. The van der Waals surface area contributed by atoms with Gasteiger partial charge in [-0.05, 0) is 6.08 Å². The molecule has 0 saturated heterocycles. The molecule has 1 aliphatic carbocycles. The Balaban J connectivity index is 2.74. The second kappa shape index (κ2) is 1.93. The summed E-state index contributed by atoms with van der Waals surface area (Å²) in [6.45, 7) is -0.487. The van der Waals surface area contributed by atoms with E-state index in [1.54, 1.807) is 6.08 Å². The SMILES string of the molecule is O=C1C=CCC1(O)CO. The van der Waals surface area contributed by atoms with E-state index in [4.69, 9.17) is 10.2 Å². The molecule has 2 N–H and O–H groups in total. The molecule has 1 unspecified atom stereocenters. The monoisotopic (exact) mass is 128 g/mol. The zero-order valence-electron chi connectivity index (χ0n) is 4.87. The summed E-state index contributed by atoms with van der Waals surface area (Å²) in [5.41, 5.74) is -1.50. The van der Waals surface area contributed by atoms with E-state index in [1.165, 1.54) is 6.08 Å². The fourth-order valence-corrected chi connectivity index (χ4v) is 0.759. The summed E-state index contributed by atoms with van der Waals surface area (Å²) in [7, 11) is 0. The first kappa shape index (κ1) is 6.45. The molecule has 0 amide bonds. The van der Waals surface area contributed by atoms with Gasteiger partial charge in [-0.1, -0.05) is 6.08 Å². The molecule has 3 heteroatoms. The van der Waals surface area contributed by atoms with E-state index < -0.39 is 18.0 Å². The van der Waals surface area contributed by atoms with Crippen molar-refractivity contribution in [2.75, 3.05) is 6.61 Å². The van der Waals surface area contributed by atoms with Crippen molar-refractivity contribution in [3.05, 3.63) is 12.2 Å². The molecule has 1 rings (SSSR count). The van der Waals surface area contributed by atoms with Gasteiger partial charge in [-0.3, -0.25) is 4.79 Å². The molecule has 0 aliphatic heterocycles. The maximum Gasteiger partial charge on any atom is 0.189 e. The van der Waals surface area contributed by atoms with Crippen LogP contribution in [0, 0.1) is 0 Å². The normalized spacial score (nSPS) is 33.8. The lowest BCUT2D eigenvalue weighted by Crippen LogP contribution is -2.37. The smallest absolute Gasteiger partial charge is 0.189 e. The third kappa shape index (κ3) is 0.886. The third-order valence-corrected chi connectivity index (χ3v) is 1.44. The van der Waals surface area contributed by atoms with Gasteiger partial charge in [0.2, 0.25) is 0 Å². The Morgan fingerprint density at radius 2 is 2.44 bits per heavy atom. The molecule has 9 heavy (non-hydrogen) atoms. The zero-order chi connectivity index (χ0) is 6.91. The van der Waals surface area contributed by atoms with Gasteiger partial charge in [0.25, 0.3) is 0 Å². The van der Waals surface area contributed by atoms with E-state index in [-0.39, 0.29) is 6.42 Å². The van der Waals surface area contributed by atoms with E-state index in [0.29, 0.717) is 0 Å². The molecule has 0 aromatic carbocycles. The minimum absolute atomic E-state index is 0.238. The standard InChI is InChI=1S/C6H8O3/c7-4-6(9)3-1-2-5(6)8/h1-2,7,9H,3-4H2. The van der Waals surface area contributed by atoms with E-state index in [2.05, 4.69) is 0 Å². The molecule has 0 fully saturated rings. The number of rotatable bonds is 1. The summed E-state index contributed by atoms with van der Waals surface area (Å²) in [4.78, 5) is 10.6. The van der Waals surface area contributed by atoms with Crippen LogP contribution >= 0.6 is 0 Å². The number of ketones is 1. The van der Waals surface area contributed by atoms with Gasteiger partial charge in [0.15, 0.2) is 11.4 Å². The molecule has 0 aromatic rings. The summed E-state index contributed by atoms with van der Waals surface area (Å²) >= 11 is 0. The maximum atomic E-state index is 10.6. The first-order valence-electron chi connectivity index (χ1n) is 2.73. The molecule has 0 aromatic heterocycles. The van der Waals surface area contributed by atoms with Crippen molar-refractivity contribution in [2.45, 2.75) is 12.0 Å². The Bertz CT molecular complexity index is 162. The van der Waals surface area contributed by atoms with Gasteiger partial charge in [-0.2, -0.15) is 0 Å². The van der Waals surface area contributed by atoms with Gasteiger partial charge in [-0.25, -0.2) is 0 Å². The van der Waals surface area contributed by atoms with Crippen LogP contribution in [0.15, 0.2) is 12.2 Å². The van der Waals surface area contributed by atoms with Crippen molar-refractivity contribution in [2.24, 2.45) is 0 Å². The van der Waals surface area contributed by atoms with Crippen LogP contribution in [-0.4, -0.2) is 28.2 Å². The number of carbonyl (C=O) groups is 1. The Morgan fingerprint density at radius 1 is 1.78 bits per heavy atom. The molecule has 3 nitrogen and oxygen atoms in total. The number of hydrogen-bond donors (Lipinski definition) is 2. The average molecular weight is 128 g/mol. The Hall–Kier alpha value is -0.670. The van der Waals surface area contributed by atoms with Crippen molar-refractivity contribution in [1.29, 1.82) is 0 Å². The van der Waals surface area contributed by atoms with Crippen LogP contribution < -0.4 is 0 Å². The van der Waals surface area contributed by atoms with Gasteiger partial charge >= 0.3 is 0 Å². The lowest BCUT2D eigenvalue weighted by molar-refractivity contribution is -0.134. The lowest BCUT2D eigenvalue weighted by Gasteiger charge is -2.15. The van der Waals surface area contributed by atoms with E-state index in [0.717, 1.165) is 0 Å². The molecule has 0 heterocycles. The van der Waals surface area contributed by atoms with Crippen LogP contribution in [0.4, 0.5) is 0 Å². The van der Waals surface area contributed by atoms with Crippen LogP contribution in [0.5, 0.6) is 0 Å². The van der Waals surface area contributed by atoms with Crippen molar-refractivity contribution in [3.8, 4) is 0 Å². The molecule has 1 atom stereocenters. The van der Waals surface area contributed by atoms with Gasteiger partial charge < -0.3 is 10.2 Å². The van der Waals surface area contributed by atoms with Crippen molar-refractivity contribution in [3.63, 3.8) is 0 Å². The van der Waals surface area contributed by atoms with Crippen LogP contribution in [0.25, 0.3) is 0 Å². The largest absolute Gasteiger partial charge is 0.393 e.